The predicted octanol–water partition coefficient (Wildman–Crippen LogP) is 0.806. The van der Waals surface area contributed by atoms with Crippen LogP contribution in [-0.2, 0) is 0 Å². The summed E-state index contributed by atoms with van der Waals surface area (Å²) < 4.78 is 0. The number of aromatic amines is 1. The number of nitrogens with zero attached hydrogens (tertiary/aromatic N) is 1. The van der Waals surface area contributed by atoms with Gasteiger partial charge in [0.2, 0.25) is 0 Å². The molecule has 0 aromatic carbocycles. The molecule has 1 atom stereocenters. The quantitative estimate of drug-likeness (QED) is 0.578. The number of nitrogens with two attached hydrogens (primary N) is 1. The standard InChI is InChI=1S/C8H14N4/c9-8-6(5-11-12-8)7-3-1-2-4-10-7/h5,7,10H,1-4H2,(H3,9,11,12). The normalized spacial score (nSPS) is 24.2. The number of nitrogens with one attached hydrogen (secondary N) is 2. The zero-order chi connectivity index (χ0) is 8.39. The molecule has 1 aromatic heterocycles. The molecule has 0 radical (unpaired) electrons. The lowest BCUT2D eigenvalue weighted by Crippen LogP contribution is -2.26. The summed E-state index contributed by atoms with van der Waals surface area (Å²) in [6, 6.07) is 0.414. The Hall–Kier alpha value is -1.03. The molecular formula is C8H14N4. The molecule has 4 heteroatoms. The van der Waals surface area contributed by atoms with Crippen LogP contribution in [0.1, 0.15) is 30.9 Å². The van der Waals surface area contributed by atoms with Crippen molar-refractivity contribution in [2.24, 2.45) is 0 Å². The van der Waals surface area contributed by atoms with E-state index in [1.807, 2.05) is 6.20 Å². The number of piperidine rings is 1. The van der Waals surface area contributed by atoms with Crippen LogP contribution in [0.3, 0.4) is 0 Å². The van der Waals surface area contributed by atoms with Gasteiger partial charge in [-0.3, -0.25) is 5.10 Å². The highest BCUT2D eigenvalue weighted by Gasteiger charge is 2.17. The van der Waals surface area contributed by atoms with Gasteiger partial charge in [-0.05, 0) is 19.4 Å². The van der Waals surface area contributed by atoms with Crippen molar-refractivity contribution < 1.29 is 0 Å². The van der Waals surface area contributed by atoms with Crippen LogP contribution in [-0.4, -0.2) is 16.7 Å². The van der Waals surface area contributed by atoms with Crippen molar-refractivity contribution in [1.82, 2.24) is 15.5 Å². The topological polar surface area (TPSA) is 66.7 Å². The minimum absolute atomic E-state index is 0.414. The molecule has 0 spiro atoms. The Morgan fingerprint density at radius 1 is 1.50 bits per heavy atom. The van der Waals surface area contributed by atoms with E-state index in [9.17, 15) is 0 Å². The van der Waals surface area contributed by atoms with Gasteiger partial charge in [0, 0.05) is 11.6 Å². The van der Waals surface area contributed by atoms with Crippen LogP contribution in [0, 0.1) is 0 Å². The number of rotatable bonds is 1. The average molecular weight is 166 g/mol. The smallest absolute Gasteiger partial charge is 0.123 e. The van der Waals surface area contributed by atoms with Gasteiger partial charge in [0.25, 0.3) is 0 Å². The Labute approximate surface area is 71.5 Å². The largest absolute Gasteiger partial charge is 0.384 e. The fourth-order valence-electron chi connectivity index (χ4n) is 1.70. The third-order valence-corrected chi connectivity index (χ3v) is 2.39. The number of anilines is 1. The van der Waals surface area contributed by atoms with Crippen molar-refractivity contribution in [1.29, 1.82) is 0 Å². The van der Waals surface area contributed by atoms with Crippen LogP contribution in [0.2, 0.25) is 0 Å². The molecule has 0 bridgehead atoms. The van der Waals surface area contributed by atoms with Gasteiger partial charge >= 0.3 is 0 Å². The summed E-state index contributed by atoms with van der Waals surface area (Å²) in [6.07, 6.45) is 5.54. The fraction of sp³-hybridized carbons (Fsp3) is 0.625. The number of H-pyrrole nitrogens is 1. The van der Waals surface area contributed by atoms with Crippen LogP contribution in [0.25, 0.3) is 0 Å². The minimum atomic E-state index is 0.414. The first kappa shape index (κ1) is 7.61. The van der Waals surface area contributed by atoms with Gasteiger partial charge in [-0.25, -0.2) is 0 Å². The van der Waals surface area contributed by atoms with Gasteiger partial charge in [-0.2, -0.15) is 5.10 Å². The van der Waals surface area contributed by atoms with E-state index in [0.717, 1.165) is 12.1 Å². The third kappa shape index (κ3) is 1.30. The first-order valence-electron chi connectivity index (χ1n) is 4.40. The lowest BCUT2D eigenvalue weighted by Gasteiger charge is -2.22. The highest BCUT2D eigenvalue weighted by Crippen LogP contribution is 2.25. The molecular weight excluding hydrogens is 152 g/mol. The van der Waals surface area contributed by atoms with E-state index in [0.29, 0.717) is 11.9 Å². The Bertz CT molecular complexity index is 249. The van der Waals surface area contributed by atoms with E-state index < -0.39 is 0 Å². The second-order valence-corrected chi connectivity index (χ2v) is 3.24. The summed E-state index contributed by atoms with van der Waals surface area (Å²) in [7, 11) is 0. The average Bonchev–Trinajstić information content (AvgIpc) is 2.53. The highest BCUT2D eigenvalue weighted by molar-refractivity contribution is 5.39. The van der Waals surface area contributed by atoms with Crippen LogP contribution < -0.4 is 11.1 Å². The van der Waals surface area contributed by atoms with Crippen molar-refractivity contribution in [2.45, 2.75) is 25.3 Å². The SMILES string of the molecule is Nc1[nH]ncc1C1CCCCN1. The number of hydrogen-bond acceptors (Lipinski definition) is 3. The zero-order valence-electron chi connectivity index (χ0n) is 7.01. The molecule has 4 nitrogen and oxygen atoms in total. The van der Waals surface area contributed by atoms with E-state index in [1.165, 1.54) is 19.3 Å². The molecule has 12 heavy (non-hydrogen) atoms. The first-order chi connectivity index (χ1) is 5.88. The molecule has 1 saturated heterocycles. The molecule has 1 aliphatic rings. The Kier molecular flexibility index (Phi) is 1.99. The number of hydrogen-bond donors (Lipinski definition) is 3. The lowest BCUT2D eigenvalue weighted by atomic mass is 10.00. The van der Waals surface area contributed by atoms with Crippen LogP contribution in [0.15, 0.2) is 6.20 Å². The molecule has 2 rings (SSSR count). The van der Waals surface area contributed by atoms with E-state index in [1.54, 1.807) is 0 Å². The van der Waals surface area contributed by atoms with Crippen molar-refractivity contribution in [2.75, 3.05) is 12.3 Å². The van der Waals surface area contributed by atoms with E-state index >= 15 is 0 Å². The zero-order valence-corrected chi connectivity index (χ0v) is 7.01. The molecule has 1 aliphatic heterocycles. The second-order valence-electron chi connectivity index (χ2n) is 3.24. The maximum absolute atomic E-state index is 5.71. The van der Waals surface area contributed by atoms with Gasteiger partial charge in [-0.15, -0.1) is 0 Å². The summed E-state index contributed by atoms with van der Waals surface area (Å²) in [4.78, 5) is 0. The van der Waals surface area contributed by atoms with Gasteiger partial charge in [0.05, 0.1) is 6.20 Å². The van der Waals surface area contributed by atoms with E-state index in [4.69, 9.17) is 5.73 Å². The Morgan fingerprint density at radius 3 is 3.00 bits per heavy atom. The van der Waals surface area contributed by atoms with Gasteiger partial charge < -0.3 is 11.1 Å². The third-order valence-electron chi connectivity index (χ3n) is 2.39. The minimum Gasteiger partial charge on any atom is -0.384 e. The van der Waals surface area contributed by atoms with E-state index in [2.05, 4.69) is 15.5 Å². The van der Waals surface area contributed by atoms with Crippen molar-refractivity contribution in [3.05, 3.63) is 11.8 Å². The molecule has 1 fully saturated rings. The van der Waals surface area contributed by atoms with Crippen LogP contribution in [0.5, 0.6) is 0 Å². The van der Waals surface area contributed by atoms with Crippen molar-refractivity contribution in [3.8, 4) is 0 Å². The Balaban J connectivity index is 2.13. The molecule has 2 heterocycles. The molecule has 0 saturated carbocycles. The van der Waals surface area contributed by atoms with Gasteiger partial charge in [-0.1, -0.05) is 6.42 Å². The molecule has 0 amide bonds. The second kappa shape index (κ2) is 3.15. The monoisotopic (exact) mass is 166 g/mol. The summed E-state index contributed by atoms with van der Waals surface area (Å²) in [5.41, 5.74) is 6.83. The van der Waals surface area contributed by atoms with Crippen LogP contribution >= 0.6 is 0 Å². The maximum atomic E-state index is 5.71. The van der Waals surface area contributed by atoms with E-state index in [-0.39, 0.29) is 0 Å². The predicted molar refractivity (Wildman–Crippen MR) is 47.6 cm³/mol. The van der Waals surface area contributed by atoms with Crippen molar-refractivity contribution in [3.63, 3.8) is 0 Å². The molecule has 1 unspecified atom stereocenters. The fourth-order valence-corrected chi connectivity index (χ4v) is 1.70. The maximum Gasteiger partial charge on any atom is 0.123 e. The lowest BCUT2D eigenvalue weighted by molar-refractivity contribution is 0.413. The van der Waals surface area contributed by atoms with Crippen molar-refractivity contribution >= 4 is 5.82 Å². The van der Waals surface area contributed by atoms with Gasteiger partial charge in [0.15, 0.2) is 0 Å². The van der Waals surface area contributed by atoms with Crippen LogP contribution in [0.4, 0.5) is 5.82 Å². The number of aromatic nitrogens is 2. The summed E-state index contributed by atoms with van der Waals surface area (Å²) >= 11 is 0. The summed E-state index contributed by atoms with van der Waals surface area (Å²) in [6.45, 7) is 1.09. The first-order valence-corrected chi connectivity index (χ1v) is 4.40. The van der Waals surface area contributed by atoms with Gasteiger partial charge in [0.1, 0.15) is 5.82 Å². The molecule has 4 N–H and O–H groups in total. The molecule has 0 aliphatic carbocycles. The Morgan fingerprint density at radius 2 is 2.42 bits per heavy atom. The summed E-state index contributed by atoms with van der Waals surface area (Å²) in [5.74, 6) is 0.703. The highest BCUT2D eigenvalue weighted by atomic mass is 15.1. The molecule has 66 valence electrons. The summed E-state index contributed by atoms with van der Waals surface area (Å²) in [5, 5.41) is 10.1. The number of nitrogen functional groups attached to an aromatic ring is 1. The molecule has 1 aromatic rings.